The molecule has 0 aromatic heterocycles. The quantitative estimate of drug-likeness (QED) is 0.445. The first-order valence-electron chi connectivity index (χ1n) is 9.42. The van der Waals surface area contributed by atoms with Gasteiger partial charge in [0.15, 0.2) is 5.54 Å². The maximum atomic E-state index is 13.6. The predicted molar refractivity (Wildman–Crippen MR) is 124 cm³/mol. The summed E-state index contributed by atoms with van der Waals surface area (Å²) in [6.45, 7) is 1.57. The Kier molecular flexibility index (Phi) is 7.26. The second kappa shape index (κ2) is 9.73. The highest BCUT2D eigenvalue weighted by molar-refractivity contribution is 6.42. The Labute approximate surface area is 196 Å². The molecule has 0 spiro atoms. The van der Waals surface area contributed by atoms with E-state index in [1.165, 1.54) is 7.11 Å². The van der Waals surface area contributed by atoms with Gasteiger partial charge in [0.05, 0.1) is 23.1 Å². The minimum absolute atomic E-state index is 0.265. The number of benzene rings is 3. The molecule has 0 heterocycles. The molecule has 2 unspecified atom stereocenters. The zero-order valence-corrected chi connectivity index (χ0v) is 19.1. The third-order valence-corrected chi connectivity index (χ3v) is 6.05. The number of halogens is 3. The number of hydrogen-bond donors (Lipinski definition) is 1. The lowest BCUT2D eigenvalue weighted by atomic mass is 9.87. The van der Waals surface area contributed by atoms with Gasteiger partial charge in [0.2, 0.25) is 5.91 Å². The molecule has 0 fully saturated rings. The standard InChI is InChI=1S/C24H20Cl3NO3/c1-24(23(30)31-2,17-10-13-19(26)20(27)14-17)28-22(29)21(15-6-4-3-5-7-15)16-8-11-18(25)12-9-16/h3-14,21H,1-2H3,(H,28,29). The Hall–Kier alpha value is -2.53. The summed E-state index contributed by atoms with van der Waals surface area (Å²) in [5.74, 6) is -1.69. The smallest absolute Gasteiger partial charge is 0.336 e. The van der Waals surface area contributed by atoms with Crippen molar-refractivity contribution in [2.24, 2.45) is 0 Å². The molecule has 2 atom stereocenters. The molecular weight excluding hydrogens is 457 g/mol. The molecule has 3 aromatic carbocycles. The molecule has 0 aliphatic heterocycles. The van der Waals surface area contributed by atoms with Crippen LogP contribution in [0, 0.1) is 0 Å². The van der Waals surface area contributed by atoms with E-state index in [1.54, 1.807) is 49.4 Å². The van der Waals surface area contributed by atoms with Crippen molar-refractivity contribution in [2.75, 3.05) is 7.11 Å². The van der Waals surface area contributed by atoms with Crippen LogP contribution in [0.5, 0.6) is 0 Å². The summed E-state index contributed by atoms with van der Waals surface area (Å²) in [4.78, 5) is 26.4. The van der Waals surface area contributed by atoms with Gasteiger partial charge in [-0.15, -0.1) is 0 Å². The molecule has 1 amide bonds. The Morgan fingerprint density at radius 1 is 0.871 bits per heavy atom. The number of ether oxygens (including phenoxy) is 1. The number of methoxy groups -OCH3 is 1. The Morgan fingerprint density at radius 3 is 2.06 bits per heavy atom. The van der Waals surface area contributed by atoms with Gasteiger partial charge in [0.25, 0.3) is 0 Å². The minimum Gasteiger partial charge on any atom is -0.467 e. The van der Waals surface area contributed by atoms with Crippen LogP contribution >= 0.6 is 34.8 Å². The van der Waals surface area contributed by atoms with Crippen LogP contribution < -0.4 is 5.32 Å². The topological polar surface area (TPSA) is 55.4 Å². The van der Waals surface area contributed by atoms with Crippen molar-refractivity contribution in [2.45, 2.75) is 18.4 Å². The second-order valence-electron chi connectivity index (χ2n) is 7.13. The van der Waals surface area contributed by atoms with Crippen molar-refractivity contribution in [1.82, 2.24) is 5.32 Å². The number of rotatable bonds is 6. The lowest BCUT2D eigenvalue weighted by Gasteiger charge is -2.31. The number of carbonyl (C=O) groups excluding carboxylic acids is 2. The SMILES string of the molecule is COC(=O)C(C)(NC(=O)C(c1ccccc1)c1ccc(Cl)cc1)c1ccc(Cl)c(Cl)c1. The number of nitrogens with one attached hydrogen (secondary N) is 1. The van der Waals surface area contributed by atoms with Crippen LogP contribution in [-0.2, 0) is 19.9 Å². The maximum absolute atomic E-state index is 13.6. The molecule has 4 nitrogen and oxygen atoms in total. The highest BCUT2D eigenvalue weighted by atomic mass is 35.5. The fourth-order valence-electron chi connectivity index (χ4n) is 3.37. The van der Waals surface area contributed by atoms with E-state index < -0.39 is 17.4 Å². The first-order valence-corrected chi connectivity index (χ1v) is 10.6. The molecule has 0 bridgehead atoms. The van der Waals surface area contributed by atoms with Crippen LogP contribution in [0.25, 0.3) is 0 Å². The molecule has 0 aliphatic rings. The summed E-state index contributed by atoms with van der Waals surface area (Å²) < 4.78 is 5.00. The zero-order valence-electron chi connectivity index (χ0n) is 16.9. The van der Waals surface area contributed by atoms with Gasteiger partial charge >= 0.3 is 5.97 Å². The van der Waals surface area contributed by atoms with Gasteiger partial charge in [0.1, 0.15) is 0 Å². The Balaban J connectivity index is 2.05. The van der Waals surface area contributed by atoms with Crippen LogP contribution in [0.4, 0.5) is 0 Å². The number of esters is 1. The van der Waals surface area contributed by atoms with Gasteiger partial charge in [-0.3, -0.25) is 4.79 Å². The van der Waals surface area contributed by atoms with Gasteiger partial charge in [-0.1, -0.05) is 83.3 Å². The van der Waals surface area contributed by atoms with Crippen molar-refractivity contribution in [3.63, 3.8) is 0 Å². The summed E-state index contributed by atoms with van der Waals surface area (Å²) in [5.41, 5.74) is 0.461. The van der Waals surface area contributed by atoms with E-state index in [0.717, 1.165) is 11.1 Å². The van der Waals surface area contributed by atoms with E-state index in [0.29, 0.717) is 15.6 Å². The molecule has 0 saturated heterocycles. The highest BCUT2D eigenvalue weighted by Gasteiger charge is 2.40. The van der Waals surface area contributed by atoms with E-state index in [4.69, 9.17) is 39.5 Å². The van der Waals surface area contributed by atoms with Crippen molar-refractivity contribution in [3.05, 3.63) is 105 Å². The van der Waals surface area contributed by atoms with Crippen LogP contribution in [0.2, 0.25) is 15.1 Å². The lowest BCUT2D eigenvalue weighted by molar-refractivity contribution is -0.150. The van der Waals surface area contributed by atoms with E-state index in [-0.39, 0.29) is 10.9 Å². The highest BCUT2D eigenvalue weighted by Crippen LogP contribution is 2.32. The van der Waals surface area contributed by atoms with Crippen LogP contribution in [0.3, 0.4) is 0 Å². The average molecular weight is 477 g/mol. The minimum atomic E-state index is -1.49. The van der Waals surface area contributed by atoms with Crippen LogP contribution in [-0.4, -0.2) is 19.0 Å². The number of hydrogen-bond acceptors (Lipinski definition) is 3. The van der Waals surface area contributed by atoms with E-state index in [9.17, 15) is 9.59 Å². The van der Waals surface area contributed by atoms with E-state index >= 15 is 0 Å². The first kappa shape index (κ1) is 23.1. The van der Waals surface area contributed by atoms with Crippen LogP contribution in [0.15, 0.2) is 72.8 Å². The molecular formula is C24H20Cl3NO3. The Bertz CT molecular complexity index is 1090. The molecule has 31 heavy (non-hydrogen) atoms. The monoisotopic (exact) mass is 475 g/mol. The first-order chi connectivity index (χ1) is 14.8. The molecule has 0 aliphatic carbocycles. The van der Waals surface area contributed by atoms with Gasteiger partial charge in [-0.2, -0.15) is 0 Å². The zero-order chi connectivity index (χ0) is 22.6. The van der Waals surface area contributed by atoms with Crippen LogP contribution in [0.1, 0.15) is 29.5 Å². The Morgan fingerprint density at radius 2 is 1.48 bits per heavy atom. The van der Waals surface area contributed by atoms with Crippen molar-refractivity contribution in [3.8, 4) is 0 Å². The van der Waals surface area contributed by atoms with E-state index in [1.807, 2.05) is 30.3 Å². The fraction of sp³-hybridized carbons (Fsp3) is 0.167. The normalized spacial score (nSPS) is 13.7. The molecule has 160 valence electrons. The second-order valence-corrected chi connectivity index (χ2v) is 8.38. The van der Waals surface area contributed by atoms with E-state index in [2.05, 4.69) is 5.32 Å². The van der Waals surface area contributed by atoms with Gasteiger partial charge in [0, 0.05) is 5.02 Å². The van der Waals surface area contributed by atoms with Crippen molar-refractivity contribution in [1.29, 1.82) is 0 Å². The van der Waals surface area contributed by atoms with Gasteiger partial charge in [-0.05, 0) is 47.9 Å². The molecule has 0 radical (unpaired) electrons. The number of carbonyl (C=O) groups is 2. The van der Waals surface area contributed by atoms with Gasteiger partial charge in [-0.25, -0.2) is 4.79 Å². The average Bonchev–Trinajstić information content (AvgIpc) is 2.77. The van der Waals surface area contributed by atoms with Crippen molar-refractivity contribution < 1.29 is 14.3 Å². The predicted octanol–water partition coefficient (Wildman–Crippen LogP) is 5.98. The molecule has 7 heteroatoms. The molecule has 0 saturated carbocycles. The third-order valence-electron chi connectivity index (χ3n) is 5.06. The largest absolute Gasteiger partial charge is 0.467 e. The lowest BCUT2D eigenvalue weighted by Crippen LogP contribution is -2.51. The summed E-state index contributed by atoms with van der Waals surface area (Å²) in [7, 11) is 1.26. The maximum Gasteiger partial charge on any atom is 0.336 e. The third kappa shape index (κ3) is 5.04. The molecule has 1 N–H and O–H groups in total. The summed E-state index contributed by atoms with van der Waals surface area (Å²) in [5, 5.41) is 4.04. The van der Waals surface area contributed by atoms with Crippen molar-refractivity contribution >= 4 is 46.7 Å². The molecule has 3 aromatic rings. The summed E-state index contributed by atoms with van der Waals surface area (Å²) >= 11 is 18.2. The number of amides is 1. The summed E-state index contributed by atoms with van der Waals surface area (Å²) in [6, 6.07) is 21.0. The summed E-state index contributed by atoms with van der Waals surface area (Å²) in [6.07, 6.45) is 0. The van der Waals surface area contributed by atoms with Gasteiger partial charge < -0.3 is 10.1 Å². The fourth-order valence-corrected chi connectivity index (χ4v) is 3.79. The molecule has 3 rings (SSSR count).